The van der Waals surface area contributed by atoms with Crippen molar-refractivity contribution < 1.29 is 0 Å². The second-order valence-electron chi connectivity index (χ2n) is 4.39. The van der Waals surface area contributed by atoms with Gasteiger partial charge in [0.25, 0.3) is 0 Å². The topological polar surface area (TPSA) is 0 Å². The SMILES string of the molecule is CC.CC(C)(C)c1cccc2ccsc12. The van der Waals surface area contributed by atoms with Crippen LogP contribution < -0.4 is 0 Å². The largest absolute Gasteiger partial charge is 0.144 e. The van der Waals surface area contributed by atoms with E-state index < -0.39 is 0 Å². The molecule has 1 aromatic carbocycles. The summed E-state index contributed by atoms with van der Waals surface area (Å²) in [6, 6.07) is 8.75. The van der Waals surface area contributed by atoms with E-state index >= 15 is 0 Å². The molecule has 0 saturated carbocycles. The van der Waals surface area contributed by atoms with Crippen molar-refractivity contribution in [3.63, 3.8) is 0 Å². The van der Waals surface area contributed by atoms with Crippen molar-refractivity contribution in [2.45, 2.75) is 40.0 Å². The summed E-state index contributed by atoms with van der Waals surface area (Å²) in [6.45, 7) is 10.8. The molecule has 0 aliphatic heterocycles. The summed E-state index contributed by atoms with van der Waals surface area (Å²) in [7, 11) is 0. The highest BCUT2D eigenvalue weighted by Crippen LogP contribution is 2.32. The van der Waals surface area contributed by atoms with Crippen LogP contribution in [-0.2, 0) is 5.41 Å². The van der Waals surface area contributed by atoms with Gasteiger partial charge in [-0.3, -0.25) is 0 Å². The smallest absolute Gasteiger partial charge is 0.0380 e. The highest BCUT2D eigenvalue weighted by atomic mass is 32.1. The summed E-state index contributed by atoms with van der Waals surface area (Å²) < 4.78 is 1.44. The highest BCUT2D eigenvalue weighted by Gasteiger charge is 2.16. The first-order chi connectivity index (χ1) is 7.09. The van der Waals surface area contributed by atoms with E-state index in [1.54, 1.807) is 0 Å². The first-order valence-electron chi connectivity index (χ1n) is 5.56. The normalized spacial score (nSPS) is 11.0. The molecule has 15 heavy (non-hydrogen) atoms. The molecule has 0 bridgehead atoms. The van der Waals surface area contributed by atoms with Gasteiger partial charge in [0, 0.05) is 4.70 Å². The highest BCUT2D eigenvalue weighted by molar-refractivity contribution is 7.17. The van der Waals surface area contributed by atoms with Gasteiger partial charge in [-0.15, -0.1) is 11.3 Å². The fourth-order valence-electron chi connectivity index (χ4n) is 1.58. The van der Waals surface area contributed by atoms with E-state index in [9.17, 15) is 0 Å². The van der Waals surface area contributed by atoms with Gasteiger partial charge >= 0.3 is 0 Å². The standard InChI is InChI=1S/C12H14S.C2H6/c1-12(2,3)10-6-4-5-9-7-8-13-11(9)10;1-2/h4-8H,1-3H3;1-2H3. The van der Waals surface area contributed by atoms with Crippen molar-refractivity contribution in [1.29, 1.82) is 0 Å². The van der Waals surface area contributed by atoms with Gasteiger partial charge in [-0.2, -0.15) is 0 Å². The van der Waals surface area contributed by atoms with Crippen molar-refractivity contribution in [2.75, 3.05) is 0 Å². The van der Waals surface area contributed by atoms with Gasteiger partial charge in [0.1, 0.15) is 0 Å². The van der Waals surface area contributed by atoms with Crippen LogP contribution in [0.1, 0.15) is 40.2 Å². The quantitative estimate of drug-likeness (QED) is 0.570. The van der Waals surface area contributed by atoms with Crippen molar-refractivity contribution in [1.82, 2.24) is 0 Å². The zero-order valence-corrected chi connectivity index (χ0v) is 11.1. The molecule has 0 nitrogen and oxygen atoms in total. The predicted octanol–water partition coefficient (Wildman–Crippen LogP) is 5.23. The van der Waals surface area contributed by atoms with Crippen LogP contribution in [0.15, 0.2) is 29.6 Å². The Labute approximate surface area is 96.9 Å². The molecular formula is C14H20S. The molecule has 1 heterocycles. The molecule has 0 unspecified atom stereocenters. The average molecular weight is 220 g/mol. The summed E-state index contributed by atoms with van der Waals surface area (Å²) in [4.78, 5) is 0. The Hall–Kier alpha value is -0.820. The number of rotatable bonds is 0. The van der Waals surface area contributed by atoms with Gasteiger partial charge in [-0.05, 0) is 27.8 Å². The van der Waals surface area contributed by atoms with Crippen molar-refractivity contribution in [3.05, 3.63) is 35.2 Å². The third kappa shape index (κ3) is 2.60. The van der Waals surface area contributed by atoms with Gasteiger partial charge in [0.15, 0.2) is 0 Å². The van der Waals surface area contributed by atoms with Gasteiger partial charge < -0.3 is 0 Å². The molecule has 0 aliphatic carbocycles. The summed E-state index contributed by atoms with van der Waals surface area (Å²) in [5, 5.41) is 3.54. The molecule has 0 amide bonds. The van der Waals surface area contributed by atoms with Gasteiger partial charge in [-0.25, -0.2) is 0 Å². The number of benzene rings is 1. The predicted molar refractivity (Wildman–Crippen MR) is 71.9 cm³/mol. The maximum atomic E-state index is 2.27. The Morgan fingerprint density at radius 2 is 1.67 bits per heavy atom. The maximum Gasteiger partial charge on any atom is 0.0380 e. The van der Waals surface area contributed by atoms with E-state index in [1.807, 2.05) is 25.2 Å². The van der Waals surface area contributed by atoms with E-state index in [0.717, 1.165) is 0 Å². The molecule has 82 valence electrons. The van der Waals surface area contributed by atoms with Crippen molar-refractivity contribution >= 4 is 21.4 Å². The minimum atomic E-state index is 0.254. The number of hydrogen-bond acceptors (Lipinski definition) is 1. The van der Waals surface area contributed by atoms with Crippen molar-refractivity contribution in [2.24, 2.45) is 0 Å². The number of hydrogen-bond donors (Lipinski definition) is 0. The van der Waals surface area contributed by atoms with E-state index in [-0.39, 0.29) is 5.41 Å². The summed E-state index contributed by atoms with van der Waals surface area (Å²) in [5.41, 5.74) is 1.71. The summed E-state index contributed by atoms with van der Waals surface area (Å²) in [5.74, 6) is 0. The molecule has 0 radical (unpaired) electrons. The van der Waals surface area contributed by atoms with E-state index in [1.165, 1.54) is 15.6 Å². The molecule has 2 rings (SSSR count). The van der Waals surface area contributed by atoms with Crippen LogP contribution in [0.3, 0.4) is 0 Å². The Balaban J connectivity index is 0.000000531. The minimum absolute atomic E-state index is 0.254. The zero-order chi connectivity index (χ0) is 11.5. The first-order valence-corrected chi connectivity index (χ1v) is 6.44. The van der Waals surface area contributed by atoms with E-state index in [2.05, 4.69) is 50.4 Å². The molecule has 0 N–H and O–H groups in total. The third-order valence-corrected chi connectivity index (χ3v) is 3.25. The summed E-state index contributed by atoms with van der Waals surface area (Å²) >= 11 is 1.84. The van der Waals surface area contributed by atoms with E-state index in [0.29, 0.717) is 0 Å². The Kier molecular flexibility index (Phi) is 3.92. The Morgan fingerprint density at radius 1 is 1.00 bits per heavy atom. The fourth-order valence-corrected chi connectivity index (χ4v) is 2.71. The molecule has 1 heteroatoms. The van der Waals surface area contributed by atoms with Crippen LogP contribution >= 0.6 is 11.3 Å². The lowest BCUT2D eigenvalue weighted by Crippen LogP contribution is -2.10. The molecular weight excluding hydrogens is 200 g/mol. The van der Waals surface area contributed by atoms with Gasteiger partial charge in [0.2, 0.25) is 0 Å². The molecule has 2 aromatic rings. The Morgan fingerprint density at radius 3 is 2.27 bits per heavy atom. The number of thiophene rings is 1. The van der Waals surface area contributed by atoms with Crippen LogP contribution in [0.25, 0.3) is 10.1 Å². The van der Waals surface area contributed by atoms with Crippen molar-refractivity contribution in [3.8, 4) is 0 Å². The fraction of sp³-hybridized carbons (Fsp3) is 0.429. The molecule has 0 fully saturated rings. The molecule has 0 spiro atoms. The zero-order valence-electron chi connectivity index (χ0n) is 10.3. The van der Waals surface area contributed by atoms with Crippen LogP contribution in [0.5, 0.6) is 0 Å². The lowest BCUT2D eigenvalue weighted by atomic mass is 9.86. The molecule has 0 aliphatic rings. The molecule has 0 saturated heterocycles. The lowest BCUT2D eigenvalue weighted by Gasteiger charge is -2.19. The second-order valence-corrected chi connectivity index (χ2v) is 5.31. The molecule has 0 atom stereocenters. The van der Waals surface area contributed by atoms with Gasteiger partial charge in [0.05, 0.1) is 0 Å². The molecule has 1 aromatic heterocycles. The third-order valence-electron chi connectivity index (χ3n) is 2.29. The lowest BCUT2D eigenvalue weighted by molar-refractivity contribution is 0.597. The van der Waals surface area contributed by atoms with Crippen LogP contribution in [0.2, 0.25) is 0 Å². The maximum absolute atomic E-state index is 2.27. The first kappa shape index (κ1) is 12.3. The Bertz CT molecular complexity index is 418. The summed E-state index contributed by atoms with van der Waals surface area (Å²) in [6.07, 6.45) is 0. The minimum Gasteiger partial charge on any atom is -0.144 e. The van der Waals surface area contributed by atoms with E-state index in [4.69, 9.17) is 0 Å². The van der Waals surface area contributed by atoms with Crippen LogP contribution in [0, 0.1) is 0 Å². The van der Waals surface area contributed by atoms with Crippen LogP contribution in [-0.4, -0.2) is 0 Å². The monoisotopic (exact) mass is 220 g/mol. The second kappa shape index (κ2) is 4.80. The average Bonchev–Trinajstić information content (AvgIpc) is 2.66. The van der Waals surface area contributed by atoms with Gasteiger partial charge in [-0.1, -0.05) is 52.8 Å². The van der Waals surface area contributed by atoms with Crippen LogP contribution in [0.4, 0.5) is 0 Å². The number of fused-ring (bicyclic) bond motifs is 1.